The predicted octanol–water partition coefficient (Wildman–Crippen LogP) is 1.67. The second kappa shape index (κ2) is 4.53. The van der Waals surface area contributed by atoms with Gasteiger partial charge in [0.05, 0.1) is 0 Å². The third kappa shape index (κ3) is 1.98. The van der Waals surface area contributed by atoms with Gasteiger partial charge in [0.15, 0.2) is 12.1 Å². The van der Waals surface area contributed by atoms with Crippen molar-refractivity contribution in [1.82, 2.24) is 0 Å². The molecular formula is C10H16O3. The summed E-state index contributed by atoms with van der Waals surface area (Å²) in [5.74, 6) is 0.247. The van der Waals surface area contributed by atoms with E-state index >= 15 is 0 Å². The second-order valence-corrected chi connectivity index (χ2v) is 3.08. The fourth-order valence-corrected chi connectivity index (χ4v) is 1.79. The van der Waals surface area contributed by atoms with Crippen LogP contribution in [0.4, 0.5) is 0 Å². The summed E-state index contributed by atoms with van der Waals surface area (Å²) in [6.45, 7) is 1.99. The summed E-state index contributed by atoms with van der Waals surface area (Å²) < 4.78 is 10.3. The fraction of sp³-hybridized carbons (Fsp3) is 0.700. The normalized spacial score (nSPS) is 17.7. The Hall–Kier alpha value is -0.670. The van der Waals surface area contributed by atoms with Gasteiger partial charge in [-0.15, -0.1) is 0 Å². The van der Waals surface area contributed by atoms with Crippen molar-refractivity contribution in [3.05, 3.63) is 11.1 Å². The number of ether oxygens (including phenoxy) is 2. The van der Waals surface area contributed by atoms with Crippen LogP contribution in [0.1, 0.15) is 26.2 Å². The first-order valence-corrected chi connectivity index (χ1v) is 4.55. The van der Waals surface area contributed by atoms with Crippen LogP contribution in [-0.4, -0.2) is 26.3 Å². The first-order chi connectivity index (χ1) is 6.24. The van der Waals surface area contributed by atoms with E-state index in [0.717, 1.165) is 24.0 Å². The largest absolute Gasteiger partial charge is 0.352 e. The van der Waals surface area contributed by atoms with Crippen LogP contribution in [0.2, 0.25) is 0 Å². The van der Waals surface area contributed by atoms with Gasteiger partial charge >= 0.3 is 0 Å². The summed E-state index contributed by atoms with van der Waals surface area (Å²) in [6, 6.07) is 0. The maximum absolute atomic E-state index is 11.4. The third-order valence-corrected chi connectivity index (χ3v) is 2.41. The quantitative estimate of drug-likeness (QED) is 0.623. The molecule has 0 amide bonds. The standard InChI is InChI=1S/C10H16O3/c1-4-7-8(5-6-9(7)11)10(12-2)13-3/h10H,4-6H2,1-3H3. The van der Waals surface area contributed by atoms with E-state index < -0.39 is 0 Å². The summed E-state index contributed by atoms with van der Waals surface area (Å²) in [4.78, 5) is 11.4. The minimum Gasteiger partial charge on any atom is -0.352 e. The topological polar surface area (TPSA) is 35.5 Å². The lowest BCUT2D eigenvalue weighted by Gasteiger charge is -2.15. The molecule has 0 aliphatic heterocycles. The molecule has 1 aliphatic rings. The molecule has 0 N–H and O–H groups in total. The van der Waals surface area contributed by atoms with Crippen LogP contribution in [-0.2, 0) is 14.3 Å². The first kappa shape index (κ1) is 10.4. The van der Waals surface area contributed by atoms with Crippen molar-refractivity contribution in [3.63, 3.8) is 0 Å². The maximum atomic E-state index is 11.4. The Bertz CT molecular complexity index is 226. The Morgan fingerprint density at radius 2 is 1.92 bits per heavy atom. The Morgan fingerprint density at radius 1 is 1.31 bits per heavy atom. The molecule has 0 bridgehead atoms. The smallest absolute Gasteiger partial charge is 0.179 e. The highest BCUT2D eigenvalue weighted by atomic mass is 16.7. The zero-order valence-corrected chi connectivity index (χ0v) is 8.42. The zero-order chi connectivity index (χ0) is 9.84. The number of carbonyl (C=O) groups is 1. The third-order valence-electron chi connectivity index (χ3n) is 2.41. The molecule has 3 nitrogen and oxygen atoms in total. The number of methoxy groups -OCH3 is 2. The number of hydrogen-bond donors (Lipinski definition) is 0. The molecule has 0 aromatic carbocycles. The monoisotopic (exact) mass is 184 g/mol. The SMILES string of the molecule is CCC1=C(C(OC)OC)CCC1=O. The van der Waals surface area contributed by atoms with Gasteiger partial charge in [-0.1, -0.05) is 6.92 Å². The van der Waals surface area contributed by atoms with Gasteiger partial charge in [-0.25, -0.2) is 0 Å². The van der Waals surface area contributed by atoms with Crippen molar-refractivity contribution in [2.24, 2.45) is 0 Å². The van der Waals surface area contributed by atoms with E-state index in [9.17, 15) is 4.79 Å². The van der Waals surface area contributed by atoms with E-state index in [4.69, 9.17) is 9.47 Å². The van der Waals surface area contributed by atoms with Crippen LogP contribution in [0.15, 0.2) is 11.1 Å². The molecule has 0 fully saturated rings. The Labute approximate surface area is 78.7 Å². The molecule has 1 aliphatic carbocycles. The number of rotatable bonds is 4. The number of hydrogen-bond acceptors (Lipinski definition) is 3. The van der Waals surface area contributed by atoms with Crippen molar-refractivity contribution in [2.45, 2.75) is 32.5 Å². The van der Waals surface area contributed by atoms with Crippen molar-refractivity contribution >= 4 is 5.78 Å². The zero-order valence-electron chi connectivity index (χ0n) is 8.42. The molecule has 1 rings (SSSR count). The molecular weight excluding hydrogens is 168 g/mol. The lowest BCUT2D eigenvalue weighted by Crippen LogP contribution is -2.16. The molecule has 0 heterocycles. The van der Waals surface area contributed by atoms with E-state index in [0.29, 0.717) is 6.42 Å². The van der Waals surface area contributed by atoms with E-state index in [1.165, 1.54) is 0 Å². The molecule has 0 saturated heterocycles. The highest BCUT2D eigenvalue weighted by Crippen LogP contribution is 2.29. The van der Waals surface area contributed by atoms with Gasteiger partial charge in [-0.05, 0) is 24.0 Å². The Kier molecular flexibility index (Phi) is 3.63. The molecule has 3 heteroatoms. The second-order valence-electron chi connectivity index (χ2n) is 3.08. The van der Waals surface area contributed by atoms with E-state index in [1.54, 1.807) is 14.2 Å². The van der Waals surface area contributed by atoms with E-state index in [2.05, 4.69) is 0 Å². The molecule has 0 aromatic heterocycles. The lowest BCUT2D eigenvalue weighted by atomic mass is 10.1. The van der Waals surface area contributed by atoms with Crippen molar-refractivity contribution in [1.29, 1.82) is 0 Å². The molecule has 0 atom stereocenters. The molecule has 0 aromatic rings. The summed E-state index contributed by atoms with van der Waals surface area (Å²) in [5, 5.41) is 0. The van der Waals surface area contributed by atoms with Gasteiger partial charge in [0, 0.05) is 20.6 Å². The van der Waals surface area contributed by atoms with E-state index in [1.807, 2.05) is 6.92 Å². The minimum atomic E-state index is -0.332. The van der Waals surface area contributed by atoms with E-state index in [-0.39, 0.29) is 12.1 Å². The molecule has 13 heavy (non-hydrogen) atoms. The number of carbonyl (C=O) groups excluding carboxylic acids is 1. The van der Waals surface area contributed by atoms with Crippen LogP contribution in [0.5, 0.6) is 0 Å². The van der Waals surface area contributed by atoms with Gasteiger partial charge in [-0.3, -0.25) is 4.79 Å². The average Bonchev–Trinajstić information content (AvgIpc) is 2.50. The number of allylic oxidation sites excluding steroid dienone is 1. The Morgan fingerprint density at radius 3 is 2.38 bits per heavy atom. The van der Waals surface area contributed by atoms with Gasteiger partial charge in [0.25, 0.3) is 0 Å². The van der Waals surface area contributed by atoms with Crippen LogP contribution in [0, 0.1) is 0 Å². The summed E-state index contributed by atoms with van der Waals surface area (Å²) in [5.41, 5.74) is 1.92. The molecule has 74 valence electrons. The van der Waals surface area contributed by atoms with Gasteiger partial charge in [0.2, 0.25) is 0 Å². The summed E-state index contributed by atoms with van der Waals surface area (Å²) >= 11 is 0. The fourth-order valence-electron chi connectivity index (χ4n) is 1.79. The molecule has 0 radical (unpaired) electrons. The summed E-state index contributed by atoms with van der Waals surface area (Å²) in [7, 11) is 3.19. The highest BCUT2D eigenvalue weighted by Gasteiger charge is 2.26. The van der Waals surface area contributed by atoms with Gasteiger partial charge < -0.3 is 9.47 Å². The molecule has 0 unspecified atom stereocenters. The van der Waals surface area contributed by atoms with Crippen LogP contribution < -0.4 is 0 Å². The first-order valence-electron chi connectivity index (χ1n) is 4.55. The van der Waals surface area contributed by atoms with Gasteiger partial charge in [-0.2, -0.15) is 0 Å². The van der Waals surface area contributed by atoms with Gasteiger partial charge in [0.1, 0.15) is 0 Å². The van der Waals surface area contributed by atoms with Crippen LogP contribution in [0.3, 0.4) is 0 Å². The molecule has 0 spiro atoms. The highest BCUT2D eigenvalue weighted by molar-refractivity contribution is 5.98. The Balaban J connectivity index is 2.86. The summed E-state index contributed by atoms with van der Waals surface area (Å²) in [6.07, 6.45) is 1.84. The minimum absolute atomic E-state index is 0.247. The maximum Gasteiger partial charge on any atom is 0.179 e. The van der Waals surface area contributed by atoms with Crippen molar-refractivity contribution in [2.75, 3.05) is 14.2 Å². The number of ketones is 1. The molecule has 0 saturated carbocycles. The van der Waals surface area contributed by atoms with Crippen LogP contribution in [0.25, 0.3) is 0 Å². The average molecular weight is 184 g/mol. The van der Waals surface area contributed by atoms with Crippen LogP contribution >= 0.6 is 0 Å². The lowest BCUT2D eigenvalue weighted by molar-refractivity contribution is -0.115. The number of Topliss-reactive ketones (excluding diaryl/α,β-unsaturated/α-hetero) is 1. The van der Waals surface area contributed by atoms with Crippen molar-refractivity contribution in [3.8, 4) is 0 Å². The van der Waals surface area contributed by atoms with Crippen molar-refractivity contribution < 1.29 is 14.3 Å². The predicted molar refractivity (Wildman–Crippen MR) is 49.4 cm³/mol.